The highest BCUT2D eigenvalue weighted by molar-refractivity contribution is 5.90. The van der Waals surface area contributed by atoms with Crippen LogP contribution >= 0.6 is 0 Å². The van der Waals surface area contributed by atoms with Crippen LogP contribution in [0.15, 0.2) is 97.1 Å². The molecular formula is C37H35N3O6. The maximum Gasteiger partial charge on any atom is 0.411 e. The highest BCUT2D eigenvalue weighted by atomic mass is 16.6. The minimum atomic E-state index is -1.21. The summed E-state index contributed by atoms with van der Waals surface area (Å²) in [7, 11) is 0. The monoisotopic (exact) mass is 617 g/mol. The van der Waals surface area contributed by atoms with Crippen molar-refractivity contribution in [1.29, 1.82) is 5.26 Å². The lowest BCUT2D eigenvalue weighted by atomic mass is 9.93. The second kappa shape index (κ2) is 13.6. The highest BCUT2D eigenvalue weighted by Gasteiger charge is 2.38. The van der Waals surface area contributed by atoms with Crippen molar-refractivity contribution in [2.75, 3.05) is 0 Å². The van der Waals surface area contributed by atoms with Crippen LogP contribution in [0.5, 0.6) is 11.5 Å². The Morgan fingerprint density at radius 3 is 2.20 bits per heavy atom. The van der Waals surface area contributed by atoms with Crippen LogP contribution in [0.25, 0.3) is 11.1 Å². The van der Waals surface area contributed by atoms with Crippen molar-refractivity contribution in [3.63, 3.8) is 0 Å². The molecule has 0 saturated heterocycles. The second-order valence-electron chi connectivity index (χ2n) is 12.2. The van der Waals surface area contributed by atoms with Gasteiger partial charge in [0, 0.05) is 12.8 Å². The fourth-order valence-electron chi connectivity index (χ4n) is 5.27. The molecule has 4 aromatic rings. The Labute approximate surface area is 268 Å². The number of amides is 2. The highest BCUT2D eigenvalue weighted by Crippen LogP contribution is 2.31. The zero-order chi connectivity index (χ0) is 32.8. The largest absolute Gasteiger partial charge is 0.480 e. The molecule has 0 unspecified atom stereocenters. The molecular weight excluding hydrogens is 582 g/mol. The number of rotatable bonds is 8. The van der Waals surface area contributed by atoms with E-state index in [4.69, 9.17) is 14.7 Å². The molecule has 9 nitrogen and oxygen atoms in total. The van der Waals surface area contributed by atoms with E-state index < -0.39 is 35.7 Å². The Balaban J connectivity index is 1.34. The first kappa shape index (κ1) is 31.8. The maximum absolute atomic E-state index is 13.7. The first-order valence-corrected chi connectivity index (χ1v) is 15.0. The van der Waals surface area contributed by atoms with E-state index in [1.165, 1.54) is 4.90 Å². The number of carboxylic acids is 1. The number of aliphatic carboxylic acids is 1. The van der Waals surface area contributed by atoms with Crippen LogP contribution in [0.2, 0.25) is 0 Å². The van der Waals surface area contributed by atoms with Gasteiger partial charge in [0.2, 0.25) is 5.91 Å². The van der Waals surface area contributed by atoms with Crippen molar-refractivity contribution in [3.05, 3.63) is 119 Å². The minimum absolute atomic E-state index is 0.0611. The first-order valence-electron chi connectivity index (χ1n) is 15.0. The third kappa shape index (κ3) is 7.90. The molecule has 2 N–H and O–H groups in total. The van der Waals surface area contributed by atoms with Gasteiger partial charge in [-0.2, -0.15) is 5.26 Å². The maximum atomic E-state index is 13.7. The van der Waals surface area contributed by atoms with Crippen LogP contribution in [0.1, 0.15) is 43.0 Å². The fraction of sp³-hybridized carbons (Fsp3) is 0.243. The lowest BCUT2D eigenvalue weighted by molar-refractivity contribution is -0.142. The zero-order valence-electron chi connectivity index (χ0n) is 25.9. The standard InChI is InChI=1S/C37H35N3O6/c1-37(2,3)46-36(44)40-23-29-20-31(45-30-16-11-25(22-38)12-17-30)18-15-28(29)21-33(40)34(41)39-32(35(42)43)19-24-9-13-27(14-10-24)26-7-5-4-6-8-26/h4-18,20,32-33H,19,21,23H2,1-3H3,(H,39,41)(H,42,43)/t32-,33-/m0/s1. The van der Waals surface area contributed by atoms with Crippen molar-refractivity contribution in [2.45, 2.75) is 57.8 Å². The number of nitrogens with zero attached hydrogens (tertiary/aromatic N) is 2. The lowest BCUT2D eigenvalue weighted by Gasteiger charge is -2.37. The normalized spacial score (nSPS) is 14.7. The van der Waals surface area contributed by atoms with Gasteiger partial charge in [-0.15, -0.1) is 0 Å². The Morgan fingerprint density at radius 2 is 1.57 bits per heavy atom. The topological polar surface area (TPSA) is 129 Å². The van der Waals surface area contributed by atoms with E-state index in [0.717, 1.165) is 27.8 Å². The number of ether oxygens (including phenoxy) is 2. The van der Waals surface area contributed by atoms with Gasteiger partial charge in [0.25, 0.3) is 0 Å². The molecule has 0 bridgehead atoms. The van der Waals surface area contributed by atoms with E-state index >= 15 is 0 Å². The van der Waals surface area contributed by atoms with Crippen molar-refractivity contribution in [3.8, 4) is 28.7 Å². The third-order valence-corrected chi connectivity index (χ3v) is 7.57. The van der Waals surface area contributed by atoms with Crippen molar-refractivity contribution >= 4 is 18.0 Å². The van der Waals surface area contributed by atoms with Gasteiger partial charge in [-0.05, 0) is 85.0 Å². The molecule has 1 heterocycles. The Bertz CT molecular complexity index is 1760. The van der Waals surface area contributed by atoms with Crippen molar-refractivity contribution in [1.82, 2.24) is 10.2 Å². The second-order valence-corrected chi connectivity index (χ2v) is 12.2. The van der Waals surface area contributed by atoms with Crippen LogP contribution in [-0.2, 0) is 33.7 Å². The molecule has 0 radical (unpaired) electrons. The van der Waals surface area contributed by atoms with Crippen LogP contribution < -0.4 is 10.1 Å². The van der Waals surface area contributed by atoms with Crippen molar-refractivity contribution in [2.24, 2.45) is 0 Å². The average Bonchev–Trinajstić information content (AvgIpc) is 3.04. The fourth-order valence-corrected chi connectivity index (χ4v) is 5.27. The molecule has 46 heavy (non-hydrogen) atoms. The van der Waals surface area contributed by atoms with E-state index in [9.17, 15) is 19.5 Å². The number of nitriles is 1. The molecule has 2 amide bonds. The molecule has 234 valence electrons. The number of benzene rings is 4. The number of hydrogen-bond acceptors (Lipinski definition) is 6. The van der Waals surface area contributed by atoms with Gasteiger partial charge < -0.3 is 19.9 Å². The minimum Gasteiger partial charge on any atom is -0.480 e. The van der Waals surface area contributed by atoms with Gasteiger partial charge >= 0.3 is 12.1 Å². The summed E-state index contributed by atoms with van der Waals surface area (Å²) in [4.78, 5) is 40.7. The van der Waals surface area contributed by atoms with Gasteiger partial charge in [-0.25, -0.2) is 9.59 Å². The molecule has 0 saturated carbocycles. The summed E-state index contributed by atoms with van der Waals surface area (Å²) in [6, 6.07) is 29.4. The van der Waals surface area contributed by atoms with E-state index in [2.05, 4.69) is 11.4 Å². The molecule has 0 aliphatic carbocycles. The molecule has 0 fully saturated rings. The van der Waals surface area contributed by atoms with Crippen LogP contribution in [0.4, 0.5) is 4.79 Å². The Hall–Kier alpha value is -5.62. The summed E-state index contributed by atoms with van der Waals surface area (Å²) < 4.78 is 11.6. The summed E-state index contributed by atoms with van der Waals surface area (Å²) in [6.07, 6.45) is -0.447. The Morgan fingerprint density at radius 1 is 0.913 bits per heavy atom. The number of hydrogen-bond donors (Lipinski definition) is 2. The lowest BCUT2D eigenvalue weighted by Crippen LogP contribution is -2.56. The van der Waals surface area contributed by atoms with Gasteiger partial charge in [0.1, 0.15) is 29.2 Å². The smallest absolute Gasteiger partial charge is 0.411 e. The summed E-state index contributed by atoms with van der Waals surface area (Å²) in [5.41, 5.74) is 4.10. The number of carboxylic acid groups (broad SMARTS) is 1. The molecule has 0 aromatic heterocycles. The Kier molecular flexibility index (Phi) is 9.38. The van der Waals surface area contributed by atoms with Crippen LogP contribution in [0, 0.1) is 11.3 Å². The number of nitrogens with one attached hydrogen (secondary N) is 1. The number of carbonyl (C=O) groups is 3. The summed E-state index contributed by atoms with van der Waals surface area (Å²) in [5, 5.41) is 21.8. The third-order valence-electron chi connectivity index (χ3n) is 7.57. The van der Waals surface area contributed by atoms with Gasteiger partial charge in [0.15, 0.2) is 0 Å². The average molecular weight is 618 g/mol. The van der Waals surface area contributed by atoms with Gasteiger partial charge in [-0.1, -0.05) is 60.7 Å². The predicted molar refractivity (Wildman–Crippen MR) is 172 cm³/mol. The quantitative estimate of drug-likeness (QED) is 0.231. The molecule has 2 atom stereocenters. The van der Waals surface area contributed by atoms with E-state index in [-0.39, 0.29) is 19.4 Å². The van der Waals surface area contributed by atoms with E-state index in [0.29, 0.717) is 17.1 Å². The number of fused-ring (bicyclic) bond motifs is 1. The summed E-state index contributed by atoms with van der Waals surface area (Å²) >= 11 is 0. The summed E-state index contributed by atoms with van der Waals surface area (Å²) in [5.74, 6) is -0.682. The summed E-state index contributed by atoms with van der Waals surface area (Å²) in [6.45, 7) is 5.28. The van der Waals surface area contributed by atoms with Gasteiger partial charge in [0.05, 0.1) is 18.2 Å². The van der Waals surface area contributed by atoms with E-state index in [1.807, 2.05) is 60.7 Å². The molecule has 4 aromatic carbocycles. The van der Waals surface area contributed by atoms with E-state index in [1.54, 1.807) is 57.2 Å². The molecule has 1 aliphatic rings. The molecule has 0 spiro atoms. The van der Waals surface area contributed by atoms with Crippen LogP contribution in [-0.4, -0.2) is 45.7 Å². The zero-order valence-corrected chi connectivity index (χ0v) is 25.9. The first-order chi connectivity index (χ1) is 22.0. The van der Waals surface area contributed by atoms with Gasteiger partial charge in [-0.3, -0.25) is 9.69 Å². The predicted octanol–water partition coefficient (Wildman–Crippen LogP) is 6.49. The molecule has 5 rings (SSSR count). The van der Waals surface area contributed by atoms with Crippen molar-refractivity contribution < 1.29 is 29.0 Å². The number of carbonyl (C=O) groups excluding carboxylic acids is 2. The molecule has 1 aliphatic heterocycles. The SMILES string of the molecule is CC(C)(C)OC(=O)N1Cc2cc(Oc3ccc(C#N)cc3)ccc2C[C@H]1C(=O)N[C@@H](Cc1ccc(-c2ccccc2)cc1)C(=O)O. The van der Waals surface area contributed by atoms with Crippen LogP contribution in [0.3, 0.4) is 0 Å². The molecule has 9 heteroatoms.